The molecule has 0 radical (unpaired) electrons. The number of hydrogen-bond acceptors (Lipinski definition) is 2. The van der Waals surface area contributed by atoms with Crippen molar-refractivity contribution >= 4 is 5.57 Å². The summed E-state index contributed by atoms with van der Waals surface area (Å²) in [5.41, 5.74) is 2.12. The standard InChI is InChI=1S/C12H16O2/c1-9(2)11-6-5-7-12(8-11)14-10(3)13-4/h5-8,10H,1H2,2-4H3. The monoisotopic (exact) mass is 192 g/mol. The van der Waals surface area contributed by atoms with E-state index in [1.807, 2.05) is 38.1 Å². The van der Waals surface area contributed by atoms with Crippen molar-refractivity contribution in [3.63, 3.8) is 0 Å². The molecule has 0 aliphatic carbocycles. The molecule has 1 atom stereocenters. The van der Waals surface area contributed by atoms with Crippen molar-refractivity contribution in [2.75, 3.05) is 7.11 Å². The highest BCUT2D eigenvalue weighted by Crippen LogP contribution is 2.19. The van der Waals surface area contributed by atoms with Crippen LogP contribution in [-0.4, -0.2) is 13.4 Å². The van der Waals surface area contributed by atoms with Crippen molar-refractivity contribution in [1.29, 1.82) is 0 Å². The molecule has 1 aromatic rings. The van der Waals surface area contributed by atoms with Crippen LogP contribution in [0.15, 0.2) is 30.8 Å². The Morgan fingerprint density at radius 2 is 2.14 bits per heavy atom. The lowest BCUT2D eigenvalue weighted by atomic mass is 10.1. The highest BCUT2D eigenvalue weighted by atomic mass is 16.7. The number of ether oxygens (including phenoxy) is 2. The molecule has 0 bridgehead atoms. The summed E-state index contributed by atoms with van der Waals surface area (Å²) < 4.78 is 10.5. The van der Waals surface area contributed by atoms with Crippen LogP contribution in [0, 0.1) is 0 Å². The van der Waals surface area contributed by atoms with Crippen LogP contribution in [0.5, 0.6) is 5.75 Å². The van der Waals surface area contributed by atoms with Crippen molar-refractivity contribution < 1.29 is 9.47 Å². The number of hydrogen-bond donors (Lipinski definition) is 0. The summed E-state index contributed by atoms with van der Waals surface area (Å²) in [4.78, 5) is 0. The van der Waals surface area contributed by atoms with Crippen LogP contribution >= 0.6 is 0 Å². The van der Waals surface area contributed by atoms with E-state index >= 15 is 0 Å². The molecule has 0 aliphatic heterocycles. The zero-order valence-electron chi connectivity index (χ0n) is 8.91. The lowest BCUT2D eigenvalue weighted by Crippen LogP contribution is -2.13. The highest BCUT2D eigenvalue weighted by molar-refractivity contribution is 5.62. The molecular weight excluding hydrogens is 176 g/mol. The number of rotatable bonds is 4. The Labute approximate surface area is 85.2 Å². The minimum Gasteiger partial charge on any atom is -0.465 e. The van der Waals surface area contributed by atoms with Crippen LogP contribution in [0.4, 0.5) is 0 Å². The lowest BCUT2D eigenvalue weighted by Gasteiger charge is -2.13. The Balaban J connectivity index is 2.78. The molecule has 2 heteroatoms. The SMILES string of the molecule is C=C(C)c1cccc(OC(C)OC)c1. The van der Waals surface area contributed by atoms with E-state index in [0.717, 1.165) is 16.9 Å². The van der Waals surface area contributed by atoms with E-state index in [2.05, 4.69) is 6.58 Å². The first kappa shape index (κ1) is 10.8. The molecule has 0 N–H and O–H groups in total. The van der Waals surface area contributed by atoms with Gasteiger partial charge in [-0.25, -0.2) is 0 Å². The number of methoxy groups -OCH3 is 1. The van der Waals surface area contributed by atoms with Crippen molar-refractivity contribution in [3.8, 4) is 5.75 Å². The van der Waals surface area contributed by atoms with Crippen LogP contribution in [0.1, 0.15) is 19.4 Å². The second-order valence-electron chi connectivity index (χ2n) is 3.23. The first-order valence-corrected chi connectivity index (χ1v) is 4.59. The van der Waals surface area contributed by atoms with Crippen molar-refractivity contribution in [2.45, 2.75) is 20.1 Å². The molecule has 0 spiro atoms. The molecule has 0 fully saturated rings. The zero-order chi connectivity index (χ0) is 10.6. The Kier molecular flexibility index (Phi) is 3.72. The third-order valence-corrected chi connectivity index (χ3v) is 1.96. The molecule has 0 aliphatic rings. The van der Waals surface area contributed by atoms with Gasteiger partial charge in [0.25, 0.3) is 0 Å². The van der Waals surface area contributed by atoms with Gasteiger partial charge in [0.2, 0.25) is 0 Å². The average molecular weight is 192 g/mol. The molecule has 0 amide bonds. The van der Waals surface area contributed by atoms with E-state index in [1.165, 1.54) is 0 Å². The van der Waals surface area contributed by atoms with E-state index in [0.29, 0.717) is 0 Å². The summed E-state index contributed by atoms with van der Waals surface area (Å²) in [6.45, 7) is 7.70. The maximum atomic E-state index is 5.49. The molecule has 76 valence electrons. The second-order valence-corrected chi connectivity index (χ2v) is 3.23. The number of benzene rings is 1. The second kappa shape index (κ2) is 4.82. The summed E-state index contributed by atoms with van der Waals surface area (Å²) >= 11 is 0. The minimum atomic E-state index is -0.227. The summed E-state index contributed by atoms with van der Waals surface area (Å²) in [7, 11) is 1.62. The van der Waals surface area contributed by atoms with Gasteiger partial charge in [-0.2, -0.15) is 0 Å². The molecule has 1 rings (SSSR count). The van der Waals surface area contributed by atoms with Crippen LogP contribution in [-0.2, 0) is 4.74 Å². The zero-order valence-corrected chi connectivity index (χ0v) is 8.91. The Bertz CT molecular complexity index is 318. The molecule has 14 heavy (non-hydrogen) atoms. The van der Waals surface area contributed by atoms with Gasteiger partial charge in [-0.05, 0) is 31.5 Å². The van der Waals surface area contributed by atoms with Crippen LogP contribution in [0.25, 0.3) is 5.57 Å². The van der Waals surface area contributed by atoms with Gasteiger partial charge in [0, 0.05) is 7.11 Å². The van der Waals surface area contributed by atoms with Crippen LogP contribution < -0.4 is 4.74 Å². The van der Waals surface area contributed by atoms with Gasteiger partial charge in [0.05, 0.1) is 0 Å². The quantitative estimate of drug-likeness (QED) is 0.682. The fourth-order valence-corrected chi connectivity index (χ4v) is 1.07. The predicted molar refractivity (Wildman–Crippen MR) is 58.2 cm³/mol. The predicted octanol–water partition coefficient (Wildman–Crippen LogP) is 3.09. The summed E-state index contributed by atoms with van der Waals surface area (Å²) in [5.74, 6) is 0.805. The molecule has 0 saturated carbocycles. The topological polar surface area (TPSA) is 18.5 Å². The number of allylic oxidation sites excluding steroid dienone is 1. The van der Waals surface area contributed by atoms with E-state index in [-0.39, 0.29) is 6.29 Å². The molecule has 0 aromatic heterocycles. The molecule has 2 nitrogen and oxygen atoms in total. The minimum absolute atomic E-state index is 0.227. The van der Waals surface area contributed by atoms with Crippen molar-refractivity contribution in [3.05, 3.63) is 36.4 Å². The Hall–Kier alpha value is -1.28. The molecule has 0 heterocycles. The van der Waals surface area contributed by atoms with Crippen molar-refractivity contribution in [2.24, 2.45) is 0 Å². The lowest BCUT2D eigenvalue weighted by molar-refractivity contribution is -0.0382. The third kappa shape index (κ3) is 2.89. The first-order valence-electron chi connectivity index (χ1n) is 4.59. The highest BCUT2D eigenvalue weighted by Gasteiger charge is 2.02. The van der Waals surface area contributed by atoms with Gasteiger partial charge < -0.3 is 9.47 Å². The molecule has 1 aromatic carbocycles. The third-order valence-electron chi connectivity index (χ3n) is 1.96. The average Bonchev–Trinajstić information content (AvgIpc) is 2.18. The maximum absolute atomic E-state index is 5.49. The van der Waals surface area contributed by atoms with Crippen LogP contribution in [0.3, 0.4) is 0 Å². The summed E-state index contributed by atoms with van der Waals surface area (Å²) in [6.07, 6.45) is -0.227. The summed E-state index contributed by atoms with van der Waals surface area (Å²) in [5, 5.41) is 0. The molecule has 1 unspecified atom stereocenters. The van der Waals surface area contributed by atoms with Gasteiger partial charge in [-0.3, -0.25) is 0 Å². The Morgan fingerprint density at radius 3 is 2.71 bits per heavy atom. The summed E-state index contributed by atoms with van der Waals surface area (Å²) in [6, 6.07) is 7.81. The van der Waals surface area contributed by atoms with Crippen molar-refractivity contribution in [1.82, 2.24) is 0 Å². The van der Waals surface area contributed by atoms with Gasteiger partial charge in [0.1, 0.15) is 5.75 Å². The fourth-order valence-electron chi connectivity index (χ4n) is 1.07. The molecule has 0 saturated heterocycles. The Morgan fingerprint density at radius 1 is 1.43 bits per heavy atom. The van der Waals surface area contributed by atoms with E-state index in [4.69, 9.17) is 9.47 Å². The van der Waals surface area contributed by atoms with E-state index in [1.54, 1.807) is 7.11 Å². The normalized spacial score (nSPS) is 12.2. The van der Waals surface area contributed by atoms with E-state index < -0.39 is 0 Å². The van der Waals surface area contributed by atoms with Crippen LogP contribution in [0.2, 0.25) is 0 Å². The molecular formula is C12H16O2. The fraction of sp³-hybridized carbons (Fsp3) is 0.333. The maximum Gasteiger partial charge on any atom is 0.196 e. The smallest absolute Gasteiger partial charge is 0.196 e. The van der Waals surface area contributed by atoms with Gasteiger partial charge in [-0.15, -0.1) is 0 Å². The van der Waals surface area contributed by atoms with E-state index in [9.17, 15) is 0 Å². The first-order chi connectivity index (χ1) is 6.63. The largest absolute Gasteiger partial charge is 0.465 e. The van der Waals surface area contributed by atoms with Gasteiger partial charge >= 0.3 is 0 Å². The van der Waals surface area contributed by atoms with Gasteiger partial charge in [0.15, 0.2) is 6.29 Å². The van der Waals surface area contributed by atoms with Gasteiger partial charge in [-0.1, -0.05) is 24.3 Å².